The molecule has 1 radical (unpaired) electrons. The second-order valence-electron chi connectivity index (χ2n) is 2.92. The van der Waals surface area contributed by atoms with E-state index in [0.717, 1.165) is 6.42 Å². The van der Waals surface area contributed by atoms with Crippen molar-refractivity contribution in [3.63, 3.8) is 0 Å². The predicted molar refractivity (Wildman–Crippen MR) is 51.3 cm³/mol. The van der Waals surface area contributed by atoms with Crippen LogP contribution in [-0.4, -0.2) is 0 Å². The molecule has 0 atom stereocenters. The molecule has 0 heteroatoms. The zero-order valence-electron chi connectivity index (χ0n) is 7.43. The standard InChI is InChI=1S/C12H13/c1-3-5-11-7-9-12(6-4-2)10-8-11/h7-10H,3,5-6H2,1H3. The summed E-state index contributed by atoms with van der Waals surface area (Å²) in [7, 11) is 0. The Morgan fingerprint density at radius 1 is 1.17 bits per heavy atom. The van der Waals surface area contributed by atoms with E-state index in [1.165, 1.54) is 17.5 Å². The van der Waals surface area contributed by atoms with E-state index in [0.29, 0.717) is 6.42 Å². The zero-order chi connectivity index (χ0) is 8.81. The van der Waals surface area contributed by atoms with Crippen LogP contribution in [0.4, 0.5) is 0 Å². The third-order valence-corrected chi connectivity index (χ3v) is 1.85. The molecule has 0 saturated heterocycles. The molecular formula is C12H13. The summed E-state index contributed by atoms with van der Waals surface area (Å²) in [5.41, 5.74) is 2.55. The van der Waals surface area contributed by atoms with E-state index >= 15 is 0 Å². The maximum absolute atomic E-state index is 6.82. The van der Waals surface area contributed by atoms with E-state index in [2.05, 4.69) is 37.1 Å². The summed E-state index contributed by atoms with van der Waals surface area (Å²) in [5.74, 6) is 2.39. The van der Waals surface area contributed by atoms with Crippen molar-refractivity contribution in [2.75, 3.05) is 0 Å². The van der Waals surface area contributed by atoms with E-state index in [1.807, 2.05) is 0 Å². The minimum absolute atomic E-state index is 0.631. The Balaban J connectivity index is 2.66. The Kier molecular flexibility index (Phi) is 3.41. The largest absolute Gasteiger partial charge is 0.0843 e. The molecule has 1 aromatic rings. The summed E-state index contributed by atoms with van der Waals surface area (Å²) in [6.45, 7) is 2.18. The molecule has 1 rings (SSSR count). The Labute approximate surface area is 74.6 Å². The SMILES string of the molecule is [C]#CCc1ccc(CCC)cc1. The van der Waals surface area contributed by atoms with Gasteiger partial charge < -0.3 is 0 Å². The van der Waals surface area contributed by atoms with E-state index in [-0.39, 0.29) is 0 Å². The van der Waals surface area contributed by atoms with Crippen molar-refractivity contribution in [2.45, 2.75) is 26.2 Å². The molecule has 0 aromatic heterocycles. The summed E-state index contributed by atoms with van der Waals surface area (Å²) in [4.78, 5) is 0. The van der Waals surface area contributed by atoms with Crippen molar-refractivity contribution in [3.8, 4) is 5.92 Å². The molecule has 61 valence electrons. The molecule has 0 heterocycles. The second-order valence-corrected chi connectivity index (χ2v) is 2.92. The third-order valence-electron chi connectivity index (χ3n) is 1.85. The highest BCUT2D eigenvalue weighted by molar-refractivity contribution is 5.24. The van der Waals surface area contributed by atoms with Gasteiger partial charge in [-0.25, -0.2) is 0 Å². The molecule has 12 heavy (non-hydrogen) atoms. The molecule has 0 saturated carbocycles. The summed E-state index contributed by atoms with van der Waals surface area (Å²) in [6.07, 6.45) is 9.79. The van der Waals surface area contributed by atoms with Gasteiger partial charge in [-0.3, -0.25) is 0 Å². The molecule has 0 spiro atoms. The van der Waals surface area contributed by atoms with E-state index < -0.39 is 0 Å². The van der Waals surface area contributed by atoms with E-state index in [1.54, 1.807) is 0 Å². The molecular weight excluding hydrogens is 144 g/mol. The van der Waals surface area contributed by atoms with Crippen molar-refractivity contribution in [3.05, 3.63) is 41.8 Å². The summed E-state index contributed by atoms with van der Waals surface area (Å²) >= 11 is 0. The molecule has 0 aliphatic rings. The van der Waals surface area contributed by atoms with Gasteiger partial charge in [0.2, 0.25) is 0 Å². The van der Waals surface area contributed by atoms with Crippen LogP contribution in [0.15, 0.2) is 24.3 Å². The monoisotopic (exact) mass is 157 g/mol. The lowest BCUT2D eigenvalue weighted by Crippen LogP contribution is -1.85. The van der Waals surface area contributed by atoms with Gasteiger partial charge in [0.05, 0.1) is 0 Å². The molecule has 0 amide bonds. The van der Waals surface area contributed by atoms with Crippen LogP contribution in [0.25, 0.3) is 0 Å². The van der Waals surface area contributed by atoms with Gasteiger partial charge in [-0.1, -0.05) is 43.5 Å². The molecule has 0 unspecified atom stereocenters. The van der Waals surface area contributed by atoms with Crippen LogP contribution in [0, 0.1) is 12.3 Å². The highest BCUT2D eigenvalue weighted by Gasteiger charge is 1.91. The van der Waals surface area contributed by atoms with Crippen molar-refractivity contribution in [1.29, 1.82) is 0 Å². The number of hydrogen-bond donors (Lipinski definition) is 0. The quantitative estimate of drug-likeness (QED) is 0.592. The van der Waals surface area contributed by atoms with Crippen molar-refractivity contribution in [1.82, 2.24) is 0 Å². The van der Waals surface area contributed by atoms with Gasteiger partial charge in [0, 0.05) is 6.42 Å². The number of rotatable bonds is 3. The Morgan fingerprint density at radius 3 is 2.25 bits per heavy atom. The molecule has 0 aliphatic carbocycles. The minimum atomic E-state index is 0.631. The van der Waals surface area contributed by atoms with E-state index in [9.17, 15) is 0 Å². The average molecular weight is 157 g/mol. The van der Waals surface area contributed by atoms with Crippen LogP contribution >= 0.6 is 0 Å². The first-order valence-corrected chi connectivity index (χ1v) is 4.34. The second kappa shape index (κ2) is 4.62. The fourth-order valence-electron chi connectivity index (χ4n) is 1.21. The summed E-state index contributed by atoms with van der Waals surface area (Å²) in [6, 6.07) is 8.42. The number of hydrogen-bond acceptors (Lipinski definition) is 0. The summed E-state index contributed by atoms with van der Waals surface area (Å²) in [5, 5.41) is 0. The Morgan fingerprint density at radius 2 is 1.75 bits per heavy atom. The Hall–Kier alpha value is -1.22. The van der Waals surface area contributed by atoms with Crippen LogP contribution in [0.3, 0.4) is 0 Å². The number of aryl methyl sites for hydroxylation is 1. The smallest absolute Gasteiger partial charge is 0.0350 e. The normalized spacial score (nSPS) is 9.33. The van der Waals surface area contributed by atoms with Gasteiger partial charge in [0.25, 0.3) is 0 Å². The van der Waals surface area contributed by atoms with E-state index in [4.69, 9.17) is 6.42 Å². The lowest BCUT2D eigenvalue weighted by Gasteiger charge is -1.99. The lowest BCUT2D eigenvalue weighted by molar-refractivity contribution is 0.921. The highest BCUT2D eigenvalue weighted by atomic mass is 14.0. The van der Waals surface area contributed by atoms with Gasteiger partial charge >= 0.3 is 0 Å². The summed E-state index contributed by atoms with van der Waals surface area (Å²) < 4.78 is 0. The van der Waals surface area contributed by atoms with Crippen LogP contribution in [0.2, 0.25) is 0 Å². The van der Waals surface area contributed by atoms with Crippen LogP contribution in [0.1, 0.15) is 24.5 Å². The third kappa shape index (κ3) is 2.43. The van der Waals surface area contributed by atoms with Gasteiger partial charge in [-0.15, -0.1) is 0 Å². The topological polar surface area (TPSA) is 0 Å². The fraction of sp³-hybridized carbons (Fsp3) is 0.333. The fourth-order valence-corrected chi connectivity index (χ4v) is 1.21. The average Bonchev–Trinajstić information content (AvgIpc) is 2.09. The molecule has 0 N–H and O–H groups in total. The van der Waals surface area contributed by atoms with Gasteiger partial charge in [0.1, 0.15) is 0 Å². The first-order chi connectivity index (χ1) is 5.86. The lowest BCUT2D eigenvalue weighted by atomic mass is 10.1. The zero-order valence-corrected chi connectivity index (χ0v) is 7.43. The molecule has 0 nitrogen and oxygen atoms in total. The Bertz CT molecular complexity index is 261. The molecule has 0 bridgehead atoms. The van der Waals surface area contributed by atoms with Gasteiger partial charge in [-0.2, -0.15) is 0 Å². The van der Waals surface area contributed by atoms with Crippen LogP contribution < -0.4 is 0 Å². The first kappa shape index (κ1) is 8.87. The van der Waals surface area contributed by atoms with Crippen molar-refractivity contribution >= 4 is 0 Å². The highest BCUT2D eigenvalue weighted by Crippen LogP contribution is 2.06. The predicted octanol–water partition coefficient (Wildman–Crippen LogP) is 2.77. The van der Waals surface area contributed by atoms with Crippen molar-refractivity contribution < 1.29 is 0 Å². The molecule has 0 fully saturated rings. The molecule has 1 aromatic carbocycles. The maximum atomic E-state index is 6.82. The number of benzene rings is 1. The van der Waals surface area contributed by atoms with Crippen molar-refractivity contribution in [2.24, 2.45) is 0 Å². The van der Waals surface area contributed by atoms with Crippen LogP contribution in [-0.2, 0) is 12.8 Å². The molecule has 0 aliphatic heterocycles. The maximum Gasteiger partial charge on any atom is 0.0350 e. The minimum Gasteiger partial charge on any atom is -0.0843 e. The van der Waals surface area contributed by atoms with Gasteiger partial charge in [0.15, 0.2) is 0 Å². The van der Waals surface area contributed by atoms with Crippen LogP contribution in [0.5, 0.6) is 0 Å². The van der Waals surface area contributed by atoms with Gasteiger partial charge in [-0.05, 0) is 24.0 Å². The first-order valence-electron chi connectivity index (χ1n) is 4.34.